The van der Waals surface area contributed by atoms with E-state index in [2.05, 4.69) is 24.1 Å². The molecular formula is C24H27N3O4S. The summed E-state index contributed by atoms with van der Waals surface area (Å²) in [6, 6.07) is 13.7. The number of piperidine rings is 1. The van der Waals surface area contributed by atoms with Crippen LogP contribution in [0.3, 0.4) is 0 Å². The average Bonchev–Trinajstić information content (AvgIpc) is 2.78. The van der Waals surface area contributed by atoms with Gasteiger partial charge in [0, 0.05) is 35.9 Å². The summed E-state index contributed by atoms with van der Waals surface area (Å²) in [5.41, 5.74) is 1.68. The van der Waals surface area contributed by atoms with Crippen molar-refractivity contribution in [2.24, 2.45) is 11.8 Å². The van der Waals surface area contributed by atoms with Gasteiger partial charge in [0.05, 0.1) is 12.6 Å². The molecule has 3 aromatic rings. The van der Waals surface area contributed by atoms with Crippen LogP contribution in [0.1, 0.15) is 30.6 Å². The molecule has 168 valence electrons. The zero-order valence-electron chi connectivity index (χ0n) is 18.4. The van der Waals surface area contributed by atoms with Crippen molar-refractivity contribution in [2.45, 2.75) is 25.2 Å². The summed E-state index contributed by atoms with van der Waals surface area (Å²) in [5, 5.41) is 3.74. The Morgan fingerprint density at radius 3 is 2.56 bits per heavy atom. The van der Waals surface area contributed by atoms with E-state index in [0.29, 0.717) is 18.8 Å². The van der Waals surface area contributed by atoms with E-state index in [0.717, 1.165) is 17.3 Å². The molecule has 1 fully saturated rings. The van der Waals surface area contributed by atoms with Crippen LogP contribution in [0.5, 0.6) is 5.75 Å². The van der Waals surface area contributed by atoms with Crippen LogP contribution in [0.25, 0.3) is 10.9 Å². The van der Waals surface area contributed by atoms with Crippen LogP contribution in [0, 0.1) is 11.8 Å². The molecule has 0 radical (unpaired) electrons. The van der Waals surface area contributed by atoms with E-state index in [1.807, 2.05) is 24.3 Å². The number of carbonyl (C=O) groups excluding carboxylic acids is 1. The van der Waals surface area contributed by atoms with E-state index in [1.165, 1.54) is 23.5 Å². The molecule has 0 spiro atoms. The van der Waals surface area contributed by atoms with Crippen molar-refractivity contribution < 1.29 is 17.9 Å². The molecule has 1 aromatic heterocycles. The number of ether oxygens (including phenoxy) is 1. The summed E-state index contributed by atoms with van der Waals surface area (Å²) in [7, 11) is -2.38. The Morgan fingerprint density at radius 1 is 1.09 bits per heavy atom. The minimum Gasteiger partial charge on any atom is -0.495 e. The van der Waals surface area contributed by atoms with Gasteiger partial charge in [-0.05, 0) is 60.7 Å². The first kappa shape index (κ1) is 22.2. The maximum absolute atomic E-state index is 13.4. The number of methoxy groups -OCH3 is 1. The Kier molecular flexibility index (Phi) is 6.17. The Labute approximate surface area is 188 Å². The minimum absolute atomic E-state index is 0.0108. The SMILES string of the molecule is COc1ccc(C(=O)Nc2ccc3ncccc3c2)cc1S(=O)(=O)N1CC(C)CC(C)C1. The highest BCUT2D eigenvalue weighted by molar-refractivity contribution is 7.89. The number of anilines is 1. The Morgan fingerprint density at radius 2 is 1.84 bits per heavy atom. The first-order valence-corrected chi connectivity index (χ1v) is 12.1. The second-order valence-electron chi connectivity index (χ2n) is 8.50. The van der Waals surface area contributed by atoms with Gasteiger partial charge in [0.15, 0.2) is 0 Å². The lowest BCUT2D eigenvalue weighted by atomic mass is 9.94. The summed E-state index contributed by atoms with van der Waals surface area (Å²) in [4.78, 5) is 17.2. The van der Waals surface area contributed by atoms with Gasteiger partial charge < -0.3 is 10.1 Å². The first-order chi connectivity index (χ1) is 15.3. The summed E-state index contributed by atoms with van der Waals surface area (Å²) < 4.78 is 33.7. The van der Waals surface area contributed by atoms with Gasteiger partial charge in [0.25, 0.3) is 5.91 Å². The lowest BCUT2D eigenvalue weighted by Gasteiger charge is -2.34. The molecular weight excluding hydrogens is 426 g/mol. The van der Waals surface area contributed by atoms with Crippen LogP contribution < -0.4 is 10.1 Å². The number of carbonyl (C=O) groups is 1. The maximum atomic E-state index is 13.4. The number of pyridine rings is 1. The molecule has 1 N–H and O–H groups in total. The number of hydrogen-bond donors (Lipinski definition) is 1. The van der Waals surface area contributed by atoms with Gasteiger partial charge >= 0.3 is 0 Å². The van der Waals surface area contributed by atoms with Crippen LogP contribution in [0.2, 0.25) is 0 Å². The van der Waals surface area contributed by atoms with E-state index in [9.17, 15) is 13.2 Å². The van der Waals surface area contributed by atoms with E-state index in [4.69, 9.17) is 4.74 Å². The third kappa shape index (κ3) is 4.47. The Hall–Kier alpha value is -2.97. The van der Waals surface area contributed by atoms with Gasteiger partial charge in [-0.1, -0.05) is 19.9 Å². The number of amides is 1. The fourth-order valence-corrected chi connectivity index (χ4v) is 6.18. The van der Waals surface area contributed by atoms with Crippen molar-refractivity contribution in [2.75, 3.05) is 25.5 Å². The lowest BCUT2D eigenvalue weighted by molar-refractivity contribution is 0.102. The number of aromatic nitrogens is 1. The van der Waals surface area contributed by atoms with Gasteiger partial charge in [-0.3, -0.25) is 9.78 Å². The molecule has 1 amide bonds. The normalized spacial score (nSPS) is 19.6. The first-order valence-electron chi connectivity index (χ1n) is 10.6. The third-order valence-electron chi connectivity index (χ3n) is 5.74. The van der Waals surface area contributed by atoms with Gasteiger partial charge in [0.1, 0.15) is 10.6 Å². The molecule has 0 saturated carbocycles. The molecule has 1 aliphatic rings. The number of rotatable bonds is 5. The standard InChI is InChI=1S/C24H27N3O4S/c1-16-11-17(2)15-27(14-16)32(29,30)23-13-19(6-9-22(23)31-3)24(28)26-20-7-8-21-18(12-20)5-4-10-25-21/h4-10,12-13,16-17H,11,14-15H2,1-3H3,(H,26,28). The number of fused-ring (bicyclic) bond motifs is 1. The summed E-state index contributed by atoms with van der Waals surface area (Å²) >= 11 is 0. The van der Waals surface area contributed by atoms with E-state index in [1.54, 1.807) is 18.3 Å². The van der Waals surface area contributed by atoms with Crippen LogP contribution in [-0.4, -0.2) is 43.8 Å². The molecule has 4 rings (SSSR count). The number of hydrogen-bond acceptors (Lipinski definition) is 5. The number of nitrogens with one attached hydrogen (secondary N) is 1. The fraction of sp³-hybridized carbons (Fsp3) is 0.333. The van der Waals surface area contributed by atoms with Gasteiger partial charge in [-0.2, -0.15) is 4.31 Å². The van der Waals surface area contributed by atoms with Crippen LogP contribution >= 0.6 is 0 Å². The number of sulfonamides is 1. The molecule has 7 nitrogen and oxygen atoms in total. The molecule has 1 saturated heterocycles. The van der Waals surface area contributed by atoms with Crippen molar-refractivity contribution in [1.82, 2.24) is 9.29 Å². The zero-order chi connectivity index (χ0) is 22.9. The topological polar surface area (TPSA) is 88.6 Å². The van der Waals surface area contributed by atoms with Crippen LogP contribution in [0.4, 0.5) is 5.69 Å². The number of benzene rings is 2. The fourth-order valence-electron chi connectivity index (χ4n) is 4.32. The predicted molar refractivity (Wildman–Crippen MR) is 124 cm³/mol. The molecule has 0 aliphatic carbocycles. The largest absolute Gasteiger partial charge is 0.495 e. The van der Waals surface area contributed by atoms with Crippen molar-refractivity contribution >= 4 is 32.5 Å². The predicted octanol–water partition coefficient (Wildman–Crippen LogP) is 4.16. The highest BCUT2D eigenvalue weighted by atomic mass is 32.2. The van der Waals surface area contributed by atoms with Gasteiger partial charge in [0.2, 0.25) is 10.0 Å². The maximum Gasteiger partial charge on any atom is 0.255 e. The van der Waals surface area contributed by atoms with Crippen LogP contribution in [0.15, 0.2) is 59.6 Å². The Bertz CT molecular complexity index is 1250. The average molecular weight is 454 g/mol. The van der Waals surface area contributed by atoms with Crippen molar-refractivity contribution in [1.29, 1.82) is 0 Å². The summed E-state index contributed by atoms with van der Waals surface area (Å²) in [5.74, 6) is 0.374. The number of nitrogens with zero attached hydrogens (tertiary/aromatic N) is 2. The molecule has 2 heterocycles. The van der Waals surface area contributed by atoms with Crippen molar-refractivity contribution in [3.8, 4) is 5.75 Å². The zero-order valence-corrected chi connectivity index (χ0v) is 19.2. The third-order valence-corrected chi connectivity index (χ3v) is 7.59. The monoisotopic (exact) mass is 453 g/mol. The van der Waals surface area contributed by atoms with Crippen LogP contribution in [-0.2, 0) is 10.0 Å². The summed E-state index contributed by atoms with van der Waals surface area (Å²) in [6.07, 6.45) is 2.70. The highest BCUT2D eigenvalue weighted by Crippen LogP contribution is 2.32. The molecule has 2 unspecified atom stereocenters. The van der Waals surface area contributed by atoms with Gasteiger partial charge in [-0.15, -0.1) is 0 Å². The molecule has 8 heteroatoms. The molecule has 0 bridgehead atoms. The van der Waals surface area contributed by atoms with E-state index >= 15 is 0 Å². The van der Waals surface area contributed by atoms with Crippen molar-refractivity contribution in [3.05, 3.63) is 60.3 Å². The van der Waals surface area contributed by atoms with E-state index < -0.39 is 15.9 Å². The van der Waals surface area contributed by atoms with Crippen molar-refractivity contribution in [3.63, 3.8) is 0 Å². The Balaban J connectivity index is 1.64. The minimum atomic E-state index is -3.81. The second-order valence-corrected chi connectivity index (χ2v) is 10.4. The van der Waals surface area contributed by atoms with E-state index in [-0.39, 0.29) is 28.0 Å². The molecule has 2 atom stereocenters. The highest BCUT2D eigenvalue weighted by Gasteiger charge is 2.34. The van der Waals surface area contributed by atoms with Gasteiger partial charge in [-0.25, -0.2) is 8.42 Å². The molecule has 1 aliphatic heterocycles. The second kappa shape index (κ2) is 8.88. The quantitative estimate of drug-likeness (QED) is 0.627. The molecule has 2 aromatic carbocycles. The smallest absolute Gasteiger partial charge is 0.255 e. The molecule has 32 heavy (non-hydrogen) atoms. The lowest BCUT2D eigenvalue weighted by Crippen LogP contribution is -2.42. The summed E-state index contributed by atoms with van der Waals surface area (Å²) in [6.45, 7) is 5.02.